The number of hydrogen-bond acceptors (Lipinski definition) is 8. The maximum absolute atomic E-state index is 14.8. The van der Waals surface area contributed by atoms with Gasteiger partial charge in [0.1, 0.15) is 11.4 Å². The predicted molar refractivity (Wildman–Crippen MR) is 144 cm³/mol. The molecule has 2 aliphatic carbocycles. The zero-order chi connectivity index (χ0) is 27.7. The predicted octanol–water partition coefficient (Wildman–Crippen LogP) is 3.59. The lowest BCUT2D eigenvalue weighted by Gasteiger charge is -2.31. The molecule has 0 radical (unpaired) electrons. The van der Waals surface area contributed by atoms with Crippen molar-refractivity contribution in [3.05, 3.63) is 30.0 Å². The summed E-state index contributed by atoms with van der Waals surface area (Å²) in [5, 5.41) is 6.16. The van der Waals surface area contributed by atoms with Gasteiger partial charge >= 0.3 is 5.92 Å². The van der Waals surface area contributed by atoms with Crippen molar-refractivity contribution in [2.45, 2.75) is 75.4 Å². The number of aromatic nitrogens is 2. The largest absolute Gasteiger partial charge is 0.495 e. The summed E-state index contributed by atoms with van der Waals surface area (Å²) in [6, 6.07) is 5.15. The summed E-state index contributed by atoms with van der Waals surface area (Å²) < 4.78 is 35.2. The second-order valence-electron chi connectivity index (χ2n) is 10.7. The van der Waals surface area contributed by atoms with Crippen LogP contribution in [-0.4, -0.2) is 66.5 Å². The fourth-order valence-electron chi connectivity index (χ4n) is 5.69. The van der Waals surface area contributed by atoms with Gasteiger partial charge in [0.05, 0.1) is 25.5 Å². The van der Waals surface area contributed by atoms with Crippen LogP contribution in [0.25, 0.3) is 0 Å². The van der Waals surface area contributed by atoms with E-state index in [1.54, 1.807) is 23.1 Å². The molecule has 0 spiro atoms. The summed E-state index contributed by atoms with van der Waals surface area (Å²) in [7, 11) is 2.81. The van der Waals surface area contributed by atoms with E-state index in [1.165, 1.54) is 20.4 Å². The van der Waals surface area contributed by atoms with Crippen molar-refractivity contribution in [1.82, 2.24) is 15.3 Å². The van der Waals surface area contributed by atoms with Crippen LogP contribution in [0.1, 0.15) is 61.7 Å². The molecule has 2 fully saturated rings. The Kier molecular flexibility index (Phi) is 7.57. The number of methoxy groups -OCH3 is 1. The monoisotopic (exact) mass is 543 g/mol. The highest BCUT2D eigenvalue weighted by molar-refractivity contribution is 6.02. The Balaban J connectivity index is 1.39. The molecule has 2 aromatic rings. The average molecular weight is 544 g/mol. The van der Waals surface area contributed by atoms with E-state index in [1.807, 2.05) is 0 Å². The molecule has 12 heteroatoms. The van der Waals surface area contributed by atoms with Crippen LogP contribution in [0.2, 0.25) is 0 Å². The molecule has 10 nitrogen and oxygen atoms in total. The standard InChI is InChI=1S/C27H35F2N7O3/c1-35-21-14-31-26(34-23(21)36(19-5-3-4-6-19)15-27(28,29)25(35)38)33-20-12-7-16(13-22(20)39-2)24(37)32-18-10-8-17(30)9-11-18/h7,12-14,17-19H,3-6,8-11,15,30H2,1-2H3,(H,32,37)(H,31,33,34)/t17-,18+. The average Bonchev–Trinajstić information content (AvgIpc) is 3.45. The van der Waals surface area contributed by atoms with Gasteiger partial charge in [-0.3, -0.25) is 9.59 Å². The van der Waals surface area contributed by atoms with Crippen LogP contribution >= 0.6 is 0 Å². The number of rotatable bonds is 6. The van der Waals surface area contributed by atoms with E-state index in [0.29, 0.717) is 17.0 Å². The third-order valence-electron chi connectivity index (χ3n) is 7.95. The van der Waals surface area contributed by atoms with E-state index < -0.39 is 18.4 Å². The van der Waals surface area contributed by atoms with Gasteiger partial charge in [-0.05, 0) is 56.7 Å². The third kappa shape index (κ3) is 5.61. The van der Waals surface area contributed by atoms with Crippen molar-refractivity contribution in [1.29, 1.82) is 0 Å². The second-order valence-corrected chi connectivity index (χ2v) is 10.7. The maximum atomic E-state index is 14.8. The summed E-state index contributed by atoms with van der Waals surface area (Å²) in [6.07, 6.45) is 8.25. The number of amides is 2. The molecule has 2 amide bonds. The van der Waals surface area contributed by atoms with Crippen molar-refractivity contribution < 1.29 is 23.1 Å². The molecule has 4 N–H and O–H groups in total. The minimum Gasteiger partial charge on any atom is -0.495 e. The summed E-state index contributed by atoms with van der Waals surface area (Å²) in [5.74, 6) is -4.16. The fourth-order valence-corrected chi connectivity index (χ4v) is 5.69. The normalized spacial score (nSPS) is 23.3. The number of nitrogens with two attached hydrogens (primary N) is 1. The first-order chi connectivity index (χ1) is 18.7. The van der Waals surface area contributed by atoms with Crippen molar-refractivity contribution in [2.24, 2.45) is 5.73 Å². The highest BCUT2D eigenvalue weighted by atomic mass is 19.3. The highest BCUT2D eigenvalue weighted by Gasteiger charge is 2.48. The van der Waals surface area contributed by atoms with Gasteiger partial charge in [0.2, 0.25) is 5.95 Å². The number of nitrogens with one attached hydrogen (secondary N) is 2. The minimum absolute atomic E-state index is 0.0919. The van der Waals surface area contributed by atoms with Crippen LogP contribution in [0.3, 0.4) is 0 Å². The third-order valence-corrected chi connectivity index (χ3v) is 7.95. The quantitative estimate of drug-likeness (QED) is 0.505. The van der Waals surface area contributed by atoms with Crippen LogP contribution in [0.15, 0.2) is 24.4 Å². The SMILES string of the molecule is COc1cc(C(=O)N[C@H]2CC[C@@H](N)CC2)ccc1Nc1ncc2c(n1)N(C1CCCC1)CC(F)(F)C(=O)N2C. The molecule has 2 saturated carbocycles. The van der Waals surface area contributed by atoms with E-state index in [2.05, 4.69) is 20.6 Å². The number of carbonyl (C=O) groups is 2. The van der Waals surface area contributed by atoms with Crippen molar-refractivity contribution in [3.8, 4) is 5.75 Å². The minimum atomic E-state index is -3.55. The molecular weight excluding hydrogens is 508 g/mol. The van der Waals surface area contributed by atoms with E-state index in [-0.39, 0.29) is 41.5 Å². The summed E-state index contributed by atoms with van der Waals surface area (Å²) >= 11 is 0. The van der Waals surface area contributed by atoms with Gasteiger partial charge in [-0.1, -0.05) is 12.8 Å². The molecule has 0 atom stereocenters. The first kappa shape index (κ1) is 27.0. The van der Waals surface area contributed by atoms with Crippen molar-refractivity contribution in [2.75, 3.05) is 35.8 Å². The van der Waals surface area contributed by atoms with Gasteiger partial charge in [-0.15, -0.1) is 0 Å². The van der Waals surface area contributed by atoms with Crippen LogP contribution < -0.4 is 30.9 Å². The Morgan fingerprint density at radius 3 is 2.56 bits per heavy atom. The van der Waals surface area contributed by atoms with Gasteiger partial charge in [-0.25, -0.2) is 4.98 Å². The Bertz CT molecular complexity index is 1230. The molecule has 210 valence electrons. The summed E-state index contributed by atoms with van der Waals surface area (Å²) in [4.78, 5) is 36.7. The number of benzene rings is 1. The maximum Gasteiger partial charge on any atom is 0.342 e. The lowest BCUT2D eigenvalue weighted by molar-refractivity contribution is -0.140. The molecule has 1 aromatic carbocycles. The first-order valence-electron chi connectivity index (χ1n) is 13.5. The summed E-state index contributed by atoms with van der Waals surface area (Å²) in [6.45, 7) is -0.732. The zero-order valence-corrected chi connectivity index (χ0v) is 22.3. The number of anilines is 4. The van der Waals surface area contributed by atoms with E-state index in [4.69, 9.17) is 10.5 Å². The number of hydrogen-bond donors (Lipinski definition) is 3. The Morgan fingerprint density at radius 2 is 1.87 bits per heavy atom. The zero-order valence-electron chi connectivity index (χ0n) is 22.3. The molecule has 0 saturated heterocycles. The van der Waals surface area contributed by atoms with Gasteiger partial charge in [0, 0.05) is 30.7 Å². The van der Waals surface area contributed by atoms with E-state index in [0.717, 1.165) is 56.3 Å². The molecule has 39 heavy (non-hydrogen) atoms. The Morgan fingerprint density at radius 1 is 1.15 bits per heavy atom. The van der Waals surface area contributed by atoms with Crippen LogP contribution in [-0.2, 0) is 4.79 Å². The molecule has 1 aliphatic heterocycles. The number of halogens is 2. The molecule has 0 unspecified atom stereocenters. The van der Waals surface area contributed by atoms with E-state index in [9.17, 15) is 18.4 Å². The molecular formula is C27H35F2N7O3. The molecule has 3 aliphatic rings. The molecule has 2 heterocycles. The molecule has 5 rings (SSSR count). The van der Waals surface area contributed by atoms with Gasteiger partial charge in [0.25, 0.3) is 11.8 Å². The van der Waals surface area contributed by atoms with Crippen LogP contribution in [0, 0.1) is 0 Å². The van der Waals surface area contributed by atoms with Gasteiger partial charge in [0.15, 0.2) is 5.82 Å². The first-order valence-corrected chi connectivity index (χ1v) is 13.5. The number of ether oxygens (including phenoxy) is 1. The van der Waals surface area contributed by atoms with Crippen LogP contribution in [0.5, 0.6) is 5.75 Å². The molecule has 1 aromatic heterocycles. The number of fused-ring (bicyclic) bond motifs is 1. The Labute approximate surface area is 226 Å². The van der Waals surface area contributed by atoms with Crippen LogP contribution in [0.4, 0.5) is 31.9 Å². The smallest absolute Gasteiger partial charge is 0.342 e. The lowest BCUT2D eigenvalue weighted by atomic mass is 9.91. The Hall–Kier alpha value is -3.54. The van der Waals surface area contributed by atoms with Gasteiger partial charge in [-0.2, -0.15) is 13.8 Å². The fraction of sp³-hybridized carbons (Fsp3) is 0.556. The number of alkyl halides is 2. The van der Waals surface area contributed by atoms with E-state index >= 15 is 0 Å². The number of carbonyl (C=O) groups excluding carboxylic acids is 2. The lowest BCUT2D eigenvalue weighted by Crippen LogP contribution is -2.48. The van der Waals surface area contributed by atoms with Crippen molar-refractivity contribution >= 4 is 35.0 Å². The summed E-state index contributed by atoms with van der Waals surface area (Å²) in [5.41, 5.74) is 7.16. The van der Waals surface area contributed by atoms with Crippen molar-refractivity contribution in [3.63, 3.8) is 0 Å². The second kappa shape index (κ2) is 10.9. The molecule has 0 bridgehead atoms. The van der Waals surface area contributed by atoms with Gasteiger partial charge < -0.3 is 30.9 Å². The highest BCUT2D eigenvalue weighted by Crippen LogP contribution is 2.40. The number of nitrogens with zero attached hydrogens (tertiary/aromatic N) is 4. The topological polar surface area (TPSA) is 126 Å².